The smallest absolute Gasteiger partial charge is 0.299 e. The molecule has 2 spiro atoms. The zero-order chi connectivity index (χ0) is 18.0. The minimum absolute atomic E-state index is 0.0777. The SMILES string of the molecule is O=C1CCC(=O)[C@@]23C4C5[C@H]6[C@H]5[C@H]2n2c(=O)n(-c5ccccc5)c(=O)n2[C@@H]6[C@]143. The van der Waals surface area contributed by atoms with E-state index in [4.69, 9.17) is 0 Å². The summed E-state index contributed by atoms with van der Waals surface area (Å²) in [4.78, 5) is 52.8. The molecule has 27 heavy (non-hydrogen) atoms. The van der Waals surface area contributed by atoms with E-state index in [1.54, 1.807) is 33.6 Å². The second-order valence-corrected chi connectivity index (χ2v) is 9.11. The Kier molecular flexibility index (Phi) is 1.70. The van der Waals surface area contributed by atoms with Crippen LogP contribution < -0.4 is 11.4 Å². The summed E-state index contributed by atoms with van der Waals surface area (Å²) in [5.41, 5.74) is -1.57. The van der Waals surface area contributed by atoms with Crippen molar-refractivity contribution in [3.63, 3.8) is 0 Å². The highest BCUT2D eigenvalue weighted by molar-refractivity contribution is 6.10. The van der Waals surface area contributed by atoms with Gasteiger partial charge in [-0.25, -0.2) is 23.5 Å². The van der Waals surface area contributed by atoms with Crippen molar-refractivity contribution in [2.45, 2.75) is 24.9 Å². The molecule has 0 amide bonds. The monoisotopic (exact) mass is 361 g/mol. The van der Waals surface area contributed by atoms with Gasteiger partial charge in [-0.3, -0.25) is 9.59 Å². The maximum Gasteiger partial charge on any atom is 0.352 e. The molecule has 8 atom stereocenters. The highest BCUT2D eigenvalue weighted by atomic mass is 16.2. The minimum Gasteiger partial charge on any atom is -0.299 e. The molecule has 134 valence electrons. The van der Waals surface area contributed by atoms with E-state index in [9.17, 15) is 19.2 Å². The van der Waals surface area contributed by atoms with Gasteiger partial charge in [0, 0.05) is 12.8 Å². The third kappa shape index (κ3) is 0.918. The van der Waals surface area contributed by atoms with Crippen molar-refractivity contribution < 1.29 is 9.59 Å². The summed E-state index contributed by atoms with van der Waals surface area (Å²) in [5, 5.41) is 0. The van der Waals surface area contributed by atoms with Crippen LogP contribution in [0.5, 0.6) is 0 Å². The highest BCUT2D eigenvalue weighted by Crippen LogP contribution is 3.03. The van der Waals surface area contributed by atoms with Crippen LogP contribution in [0.4, 0.5) is 0 Å². The lowest BCUT2D eigenvalue weighted by molar-refractivity contribution is -0.149. The molecule has 2 unspecified atom stereocenters. The van der Waals surface area contributed by atoms with E-state index in [0.29, 0.717) is 36.3 Å². The summed E-state index contributed by atoms with van der Waals surface area (Å²) in [6.45, 7) is 0. The van der Waals surface area contributed by atoms with Crippen LogP contribution in [0.15, 0.2) is 39.9 Å². The van der Waals surface area contributed by atoms with Crippen LogP contribution in [0.3, 0.4) is 0 Å². The van der Waals surface area contributed by atoms with Crippen molar-refractivity contribution in [1.29, 1.82) is 0 Å². The fourth-order valence-corrected chi connectivity index (χ4v) is 8.56. The van der Waals surface area contributed by atoms with Crippen molar-refractivity contribution in [2.24, 2.45) is 34.5 Å². The first-order chi connectivity index (χ1) is 13.1. The number of hydrogen-bond donors (Lipinski definition) is 0. The molecule has 7 heteroatoms. The molecule has 5 saturated carbocycles. The number of para-hydroxylation sites is 1. The number of aromatic nitrogens is 3. The van der Waals surface area contributed by atoms with Gasteiger partial charge in [-0.15, -0.1) is 0 Å². The van der Waals surface area contributed by atoms with E-state index in [1.807, 2.05) is 6.07 Å². The van der Waals surface area contributed by atoms with Crippen molar-refractivity contribution in [1.82, 2.24) is 13.9 Å². The van der Waals surface area contributed by atoms with Crippen molar-refractivity contribution >= 4 is 11.6 Å². The lowest BCUT2D eigenvalue weighted by Gasteiger charge is -2.48. The average molecular weight is 361 g/mol. The lowest BCUT2D eigenvalue weighted by Crippen LogP contribution is -2.58. The van der Waals surface area contributed by atoms with Crippen molar-refractivity contribution in [2.75, 3.05) is 0 Å². The standard InChI is InChI=1S/C20H15N3O4/c24-9-6-7-10(25)20-14-11-12-13(11)16(20)23-18(27)21(8-4-2-1-3-5-8)17(26)22(23)15(12)19(9,14)20/h1-5,11-16H,6-7H2/t11?,12-,13-,14?,15-,16+,19-,20+/m0/s1. The third-order valence-electron chi connectivity index (χ3n) is 8.87. The molecule has 7 nitrogen and oxygen atoms in total. The summed E-state index contributed by atoms with van der Waals surface area (Å²) in [6.07, 6.45) is 0.589. The molecule has 5 fully saturated rings. The number of carbonyl (C=O) groups excluding carboxylic acids is 2. The zero-order valence-electron chi connectivity index (χ0n) is 14.2. The van der Waals surface area contributed by atoms with Gasteiger partial charge in [-0.1, -0.05) is 18.2 Å². The second-order valence-electron chi connectivity index (χ2n) is 9.11. The summed E-state index contributed by atoms with van der Waals surface area (Å²) in [6, 6.07) is 8.30. The Balaban J connectivity index is 1.50. The Labute approximate surface area is 152 Å². The molecule has 0 radical (unpaired) electrons. The van der Waals surface area contributed by atoms with Gasteiger partial charge in [-0.2, -0.15) is 0 Å². The van der Waals surface area contributed by atoms with E-state index in [1.165, 1.54) is 4.57 Å². The van der Waals surface area contributed by atoms with Crippen molar-refractivity contribution in [3.05, 3.63) is 51.3 Å². The number of benzene rings is 1. The van der Waals surface area contributed by atoms with Gasteiger partial charge in [0.1, 0.15) is 11.6 Å². The summed E-state index contributed by atoms with van der Waals surface area (Å²) >= 11 is 0. The fourth-order valence-electron chi connectivity index (χ4n) is 8.56. The van der Waals surface area contributed by atoms with E-state index in [2.05, 4.69) is 0 Å². The first-order valence-corrected chi connectivity index (χ1v) is 9.67. The Hall–Kier alpha value is -2.70. The normalized spacial score (nSPS) is 48.4. The largest absolute Gasteiger partial charge is 0.352 e. The third-order valence-corrected chi connectivity index (χ3v) is 8.87. The van der Waals surface area contributed by atoms with Crippen LogP contribution in [0.25, 0.3) is 5.69 Å². The Morgan fingerprint density at radius 2 is 1.26 bits per heavy atom. The van der Waals surface area contributed by atoms with Gasteiger partial charge in [-0.05, 0) is 35.8 Å². The molecule has 3 heterocycles. The highest BCUT2D eigenvalue weighted by Gasteiger charge is 3.07. The number of carbonyl (C=O) groups is 2. The van der Waals surface area contributed by atoms with Gasteiger partial charge in [0.25, 0.3) is 0 Å². The van der Waals surface area contributed by atoms with E-state index >= 15 is 0 Å². The van der Waals surface area contributed by atoms with E-state index in [0.717, 1.165) is 0 Å². The molecular formula is C20H15N3O4. The molecule has 0 N–H and O–H groups in total. The maximum absolute atomic E-state index is 13.3. The predicted octanol–water partition coefficient (Wildman–Crippen LogP) is 0.320. The molecule has 2 bridgehead atoms. The number of hydrogen-bond acceptors (Lipinski definition) is 4. The minimum atomic E-state index is -0.684. The van der Waals surface area contributed by atoms with Crippen LogP contribution in [-0.2, 0) is 9.59 Å². The van der Waals surface area contributed by atoms with Gasteiger partial charge >= 0.3 is 11.4 Å². The van der Waals surface area contributed by atoms with Crippen LogP contribution in [-0.4, -0.2) is 25.5 Å². The first kappa shape index (κ1) is 13.5. The van der Waals surface area contributed by atoms with Crippen molar-refractivity contribution in [3.8, 4) is 5.69 Å². The average Bonchev–Trinajstić information content (AvgIpc) is 3.45. The Morgan fingerprint density at radius 3 is 1.78 bits per heavy atom. The van der Waals surface area contributed by atoms with Crippen LogP contribution >= 0.6 is 0 Å². The molecule has 2 aliphatic heterocycles. The maximum atomic E-state index is 13.3. The summed E-state index contributed by atoms with van der Waals surface area (Å²) in [5.74, 6) is 1.33. The number of rotatable bonds is 1. The van der Waals surface area contributed by atoms with Gasteiger partial charge in [0.05, 0.1) is 28.6 Å². The van der Waals surface area contributed by atoms with Crippen LogP contribution in [0.1, 0.15) is 24.9 Å². The number of Topliss-reactive ketones (excluding diaryl/α,β-unsaturated/α-hetero) is 2. The number of ketones is 2. The molecular weight excluding hydrogens is 346 g/mol. The second kappa shape index (κ2) is 3.41. The quantitative estimate of drug-likeness (QED) is 0.732. The van der Waals surface area contributed by atoms with E-state index < -0.39 is 10.8 Å². The fraction of sp³-hybridized carbons (Fsp3) is 0.500. The van der Waals surface area contributed by atoms with Crippen LogP contribution in [0.2, 0.25) is 0 Å². The van der Waals surface area contributed by atoms with E-state index in [-0.39, 0.29) is 40.9 Å². The lowest BCUT2D eigenvalue weighted by atomic mass is 9.63. The molecule has 0 saturated heterocycles. The van der Waals surface area contributed by atoms with Crippen LogP contribution in [0, 0.1) is 34.5 Å². The zero-order valence-corrected chi connectivity index (χ0v) is 14.2. The summed E-state index contributed by atoms with van der Waals surface area (Å²) < 4.78 is 4.35. The molecule has 1 aromatic carbocycles. The van der Waals surface area contributed by atoms with Gasteiger partial charge in [0.2, 0.25) is 0 Å². The molecule has 2 aromatic rings. The molecule has 9 rings (SSSR count). The molecule has 5 aliphatic carbocycles. The van der Waals surface area contributed by atoms with Gasteiger partial charge < -0.3 is 0 Å². The molecule has 7 aliphatic rings. The molecule has 1 aromatic heterocycles. The first-order valence-electron chi connectivity index (χ1n) is 9.67. The number of nitrogens with zero attached hydrogens (tertiary/aromatic N) is 3. The Morgan fingerprint density at radius 1 is 0.741 bits per heavy atom. The Bertz CT molecular complexity index is 1190. The summed E-state index contributed by atoms with van der Waals surface area (Å²) in [7, 11) is 0. The van der Waals surface area contributed by atoms with Gasteiger partial charge in [0.15, 0.2) is 0 Å². The topological polar surface area (TPSA) is 83.1 Å². The predicted molar refractivity (Wildman–Crippen MR) is 90.4 cm³/mol.